The van der Waals surface area contributed by atoms with Crippen LogP contribution in [-0.2, 0) is 26.3 Å². The van der Waals surface area contributed by atoms with Crippen LogP contribution in [0.2, 0.25) is 0 Å². The largest absolute Gasteiger partial charge is 0.376 e. The Morgan fingerprint density at radius 3 is 2.67 bits per heavy atom. The Morgan fingerprint density at radius 1 is 1.30 bits per heavy atom. The summed E-state index contributed by atoms with van der Waals surface area (Å²) in [7, 11) is -0.449. The van der Waals surface area contributed by atoms with Crippen molar-refractivity contribution in [1.82, 2.24) is 28.3 Å². The number of amides is 1. The van der Waals surface area contributed by atoms with Crippen molar-refractivity contribution in [2.75, 3.05) is 40.3 Å². The van der Waals surface area contributed by atoms with Crippen molar-refractivity contribution < 1.29 is 17.9 Å². The Hall–Kier alpha value is -2.06. The molecule has 1 atom stereocenters. The Balaban J connectivity index is 1.52. The lowest BCUT2D eigenvalue weighted by Crippen LogP contribution is -2.44. The maximum Gasteiger partial charge on any atom is 0.351 e. The van der Waals surface area contributed by atoms with Crippen LogP contribution in [0.1, 0.15) is 37.4 Å². The first-order valence-electron chi connectivity index (χ1n) is 11.1. The van der Waals surface area contributed by atoms with E-state index in [1.165, 1.54) is 38.7 Å². The van der Waals surface area contributed by atoms with Crippen molar-refractivity contribution in [3.63, 3.8) is 0 Å². The lowest BCUT2D eigenvalue weighted by atomic mass is 9.97. The molecule has 2 aromatic heterocycles. The van der Waals surface area contributed by atoms with Crippen LogP contribution < -0.4 is 11.0 Å². The fraction of sp³-hybridized carbons (Fsp3) is 0.650. The number of piperidine rings is 1. The predicted octanol–water partition coefficient (Wildman–Crippen LogP) is 0.377. The minimum absolute atomic E-state index is 0.0218. The van der Waals surface area contributed by atoms with Crippen molar-refractivity contribution >= 4 is 27.5 Å². The van der Waals surface area contributed by atoms with E-state index in [-0.39, 0.29) is 30.2 Å². The number of aromatic nitrogens is 3. The second-order valence-corrected chi connectivity index (χ2v) is 11.6. The molecule has 0 spiro atoms. The number of ether oxygens (including phenoxy) is 1. The van der Waals surface area contributed by atoms with E-state index in [0.29, 0.717) is 44.9 Å². The van der Waals surface area contributed by atoms with Crippen LogP contribution in [0.15, 0.2) is 22.3 Å². The summed E-state index contributed by atoms with van der Waals surface area (Å²) in [6.45, 7) is 1.65. The number of nitrogens with zero attached hydrogens (tertiary/aromatic N) is 5. The third kappa shape index (κ3) is 5.22. The molecule has 0 radical (unpaired) electrons. The summed E-state index contributed by atoms with van der Waals surface area (Å²) < 4.78 is 35.8. The molecule has 4 heterocycles. The minimum atomic E-state index is -3.48. The zero-order chi connectivity index (χ0) is 23.6. The van der Waals surface area contributed by atoms with Crippen LogP contribution in [0, 0.1) is 0 Å². The monoisotopic (exact) mass is 498 g/mol. The van der Waals surface area contributed by atoms with Crippen molar-refractivity contribution in [3.05, 3.63) is 33.8 Å². The van der Waals surface area contributed by atoms with E-state index in [1.807, 2.05) is 17.5 Å². The van der Waals surface area contributed by atoms with Gasteiger partial charge in [0.15, 0.2) is 0 Å². The van der Waals surface area contributed by atoms with Gasteiger partial charge in [-0.25, -0.2) is 14.0 Å². The standard InChI is InChI=1S/C20H30N6O5S2/c1-23(2)33(29,30)24-9-7-15(8-10-24)19-22-25(20(28)26(19)18-6-4-12-32-18)14-17(27)21-13-16-5-3-11-31-16/h4,6,12,15-16H,3,5,7-11,13-14H2,1-2H3,(H,21,27). The fourth-order valence-corrected chi connectivity index (χ4v) is 6.06. The third-order valence-electron chi connectivity index (χ3n) is 6.04. The van der Waals surface area contributed by atoms with E-state index in [0.717, 1.165) is 17.8 Å². The Bertz CT molecular complexity index is 1110. The highest BCUT2D eigenvalue weighted by atomic mass is 32.2. The van der Waals surface area contributed by atoms with E-state index in [4.69, 9.17) is 4.74 Å². The van der Waals surface area contributed by atoms with Gasteiger partial charge in [0, 0.05) is 46.3 Å². The number of thiophene rings is 1. The van der Waals surface area contributed by atoms with E-state index in [9.17, 15) is 18.0 Å². The molecule has 0 aliphatic carbocycles. The third-order valence-corrected chi connectivity index (χ3v) is 8.84. The number of hydrogen-bond acceptors (Lipinski definition) is 7. The molecule has 0 saturated carbocycles. The topological polar surface area (TPSA) is 119 Å². The first kappa shape index (κ1) is 24.1. The van der Waals surface area contributed by atoms with Gasteiger partial charge in [0.05, 0.1) is 6.10 Å². The van der Waals surface area contributed by atoms with Crippen LogP contribution in [0.3, 0.4) is 0 Å². The zero-order valence-corrected chi connectivity index (χ0v) is 20.5. The Morgan fingerprint density at radius 2 is 2.06 bits per heavy atom. The normalized spacial score (nSPS) is 20.5. The van der Waals surface area contributed by atoms with Crippen molar-refractivity contribution in [2.45, 2.75) is 44.2 Å². The molecular formula is C20H30N6O5S2. The van der Waals surface area contributed by atoms with E-state index >= 15 is 0 Å². The van der Waals surface area contributed by atoms with Gasteiger partial charge in [0.25, 0.3) is 10.2 Å². The lowest BCUT2D eigenvalue weighted by Gasteiger charge is -2.32. The summed E-state index contributed by atoms with van der Waals surface area (Å²) in [5.74, 6) is 0.183. The number of rotatable bonds is 8. The smallest absolute Gasteiger partial charge is 0.351 e. The van der Waals surface area contributed by atoms with E-state index in [2.05, 4.69) is 10.4 Å². The molecule has 1 N–H and O–H groups in total. The van der Waals surface area contributed by atoms with Crippen molar-refractivity contribution in [2.24, 2.45) is 0 Å². The molecule has 2 aromatic rings. The van der Waals surface area contributed by atoms with Gasteiger partial charge in [0.2, 0.25) is 5.91 Å². The van der Waals surface area contributed by atoms with Gasteiger partial charge in [-0.05, 0) is 43.2 Å². The summed E-state index contributed by atoms with van der Waals surface area (Å²) in [6, 6.07) is 3.69. The maximum atomic E-state index is 13.2. The quantitative estimate of drug-likeness (QED) is 0.562. The number of hydrogen-bond donors (Lipinski definition) is 1. The van der Waals surface area contributed by atoms with Crippen LogP contribution in [0.25, 0.3) is 5.00 Å². The molecule has 182 valence electrons. The molecule has 1 amide bonds. The molecule has 2 fully saturated rings. The van der Waals surface area contributed by atoms with Gasteiger partial charge in [-0.2, -0.15) is 22.1 Å². The molecule has 2 saturated heterocycles. The summed E-state index contributed by atoms with van der Waals surface area (Å²) in [4.78, 5) is 25.7. The number of carbonyl (C=O) groups is 1. The average molecular weight is 499 g/mol. The molecule has 11 nitrogen and oxygen atoms in total. The Kier molecular flexibility index (Phi) is 7.34. The van der Waals surface area contributed by atoms with Crippen LogP contribution in [-0.4, -0.2) is 83.7 Å². The van der Waals surface area contributed by atoms with Gasteiger partial charge in [-0.3, -0.25) is 4.79 Å². The molecule has 13 heteroatoms. The van der Waals surface area contributed by atoms with E-state index < -0.39 is 10.2 Å². The highest BCUT2D eigenvalue weighted by Gasteiger charge is 2.33. The molecule has 1 unspecified atom stereocenters. The maximum absolute atomic E-state index is 13.2. The molecule has 2 aliphatic rings. The van der Waals surface area contributed by atoms with Gasteiger partial charge in [-0.15, -0.1) is 11.3 Å². The highest BCUT2D eigenvalue weighted by molar-refractivity contribution is 7.86. The Labute approximate surface area is 197 Å². The van der Waals surface area contributed by atoms with Crippen LogP contribution in [0.5, 0.6) is 0 Å². The van der Waals surface area contributed by atoms with Crippen LogP contribution in [0.4, 0.5) is 0 Å². The molecule has 0 aromatic carbocycles. The number of carbonyl (C=O) groups excluding carboxylic acids is 1. The summed E-state index contributed by atoms with van der Waals surface area (Å²) >= 11 is 1.42. The van der Waals surface area contributed by atoms with Gasteiger partial charge >= 0.3 is 5.69 Å². The lowest BCUT2D eigenvalue weighted by molar-refractivity contribution is -0.122. The second kappa shape index (κ2) is 10.1. The number of nitrogens with one attached hydrogen (secondary N) is 1. The molecule has 4 rings (SSSR count). The van der Waals surface area contributed by atoms with Crippen molar-refractivity contribution in [1.29, 1.82) is 0 Å². The van der Waals surface area contributed by atoms with Gasteiger partial charge < -0.3 is 10.1 Å². The molecular weight excluding hydrogens is 468 g/mol. The summed E-state index contributed by atoms with van der Waals surface area (Å²) in [6.07, 6.45) is 3.01. The van der Waals surface area contributed by atoms with Crippen LogP contribution >= 0.6 is 11.3 Å². The van der Waals surface area contributed by atoms with E-state index in [1.54, 1.807) is 4.57 Å². The minimum Gasteiger partial charge on any atom is -0.376 e. The zero-order valence-electron chi connectivity index (χ0n) is 18.8. The van der Waals surface area contributed by atoms with Gasteiger partial charge in [-0.1, -0.05) is 0 Å². The summed E-state index contributed by atoms with van der Waals surface area (Å²) in [5.41, 5.74) is -0.372. The highest BCUT2D eigenvalue weighted by Crippen LogP contribution is 2.30. The molecule has 2 aliphatic heterocycles. The first-order valence-corrected chi connectivity index (χ1v) is 13.3. The van der Waals surface area contributed by atoms with Gasteiger partial charge in [0.1, 0.15) is 17.4 Å². The second-order valence-electron chi connectivity index (χ2n) is 8.49. The predicted molar refractivity (Wildman–Crippen MR) is 124 cm³/mol. The SMILES string of the molecule is CN(C)S(=O)(=O)N1CCC(c2nn(CC(=O)NCC3CCCO3)c(=O)n2-c2cccs2)CC1. The van der Waals surface area contributed by atoms with Crippen molar-refractivity contribution in [3.8, 4) is 5.00 Å². The summed E-state index contributed by atoms with van der Waals surface area (Å²) in [5, 5.41) is 9.97. The first-order chi connectivity index (χ1) is 15.8. The molecule has 0 bridgehead atoms. The average Bonchev–Trinajstić information content (AvgIpc) is 3.55. The fourth-order valence-electron chi connectivity index (χ4n) is 4.20. The molecule has 33 heavy (non-hydrogen) atoms.